The molecule has 11 heavy (non-hydrogen) atoms. The number of aromatic nitrogens is 2. The average Bonchev–Trinajstić information content (AvgIpc) is 2.40. The van der Waals surface area contributed by atoms with Crippen LogP contribution < -0.4 is 0 Å². The van der Waals surface area contributed by atoms with Crippen LogP contribution in [0.5, 0.6) is 0 Å². The van der Waals surface area contributed by atoms with Gasteiger partial charge in [0.25, 0.3) is 0 Å². The monoisotopic (exact) mass is 154 g/mol. The third-order valence-corrected chi connectivity index (χ3v) is 1.45. The molecular weight excluding hydrogens is 140 g/mol. The molecule has 0 aliphatic rings. The Morgan fingerprint density at radius 1 is 1.64 bits per heavy atom. The van der Waals surface area contributed by atoms with Gasteiger partial charge in [-0.2, -0.15) is 5.10 Å². The Morgan fingerprint density at radius 2 is 2.45 bits per heavy atom. The molecule has 0 bridgehead atoms. The zero-order chi connectivity index (χ0) is 8.10. The standard InChI is InChI=1S/C8H14N2O/c1-3-11-8(2)7-10-6-4-5-9-10/h4-6,8H,3,7H2,1-2H3. The lowest BCUT2D eigenvalue weighted by molar-refractivity contribution is 0.0614. The van der Waals surface area contributed by atoms with Gasteiger partial charge >= 0.3 is 0 Å². The normalized spacial score (nSPS) is 13.3. The average molecular weight is 154 g/mol. The van der Waals surface area contributed by atoms with E-state index in [1.54, 1.807) is 6.20 Å². The van der Waals surface area contributed by atoms with Crippen molar-refractivity contribution in [3.05, 3.63) is 18.5 Å². The molecule has 1 heterocycles. The minimum atomic E-state index is 0.250. The van der Waals surface area contributed by atoms with E-state index in [0.717, 1.165) is 13.2 Å². The smallest absolute Gasteiger partial charge is 0.0742 e. The Kier molecular flexibility index (Phi) is 3.11. The maximum Gasteiger partial charge on any atom is 0.0742 e. The van der Waals surface area contributed by atoms with Crippen molar-refractivity contribution < 1.29 is 4.74 Å². The van der Waals surface area contributed by atoms with Crippen LogP contribution in [-0.4, -0.2) is 22.5 Å². The van der Waals surface area contributed by atoms with E-state index in [-0.39, 0.29) is 6.10 Å². The van der Waals surface area contributed by atoms with Crippen molar-refractivity contribution in [3.63, 3.8) is 0 Å². The van der Waals surface area contributed by atoms with Gasteiger partial charge in [0.2, 0.25) is 0 Å². The first-order valence-electron chi connectivity index (χ1n) is 3.92. The summed E-state index contributed by atoms with van der Waals surface area (Å²) < 4.78 is 7.23. The molecule has 0 aromatic carbocycles. The van der Waals surface area contributed by atoms with Gasteiger partial charge in [-0.1, -0.05) is 0 Å². The highest BCUT2D eigenvalue weighted by molar-refractivity contribution is 4.78. The van der Waals surface area contributed by atoms with Gasteiger partial charge in [0, 0.05) is 19.0 Å². The van der Waals surface area contributed by atoms with Gasteiger partial charge in [-0.25, -0.2) is 0 Å². The van der Waals surface area contributed by atoms with Crippen LogP contribution in [0.3, 0.4) is 0 Å². The number of nitrogens with zero attached hydrogens (tertiary/aromatic N) is 2. The summed E-state index contributed by atoms with van der Waals surface area (Å²) in [4.78, 5) is 0. The first-order chi connectivity index (χ1) is 5.33. The van der Waals surface area contributed by atoms with Crippen LogP contribution in [0.25, 0.3) is 0 Å². The number of rotatable bonds is 4. The SMILES string of the molecule is CCOC(C)Cn1cccn1. The summed E-state index contributed by atoms with van der Waals surface area (Å²) in [5.74, 6) is 0. The molecule has 0 aliphatic carbocycles. The molecule has 1 unspecified atom stereocenters. The molecule has 1 aromatic heterocycles. The molecule has 3 nitrogen and oxygen atoms in total. The molecule has 0 amide bonds. The van der Waals surface area contributed by atoms with Crippen LogP contribution in [0, 0.1) is 0 Å². The lowest BCUT2D eigenvalue weighted by Crippen LogP contribution is -2.16. The lowest BCUT2D eigenvalue weighted by Gasteiger charge is -2.10. The molecule has 3 heteroatoms. The summed E-state index contributed by atoms with van der Waals surface area (Å²) >= 11 is 0. The summed E-state index contributed by atoms with van der Waals surface area (Å²) in [6.45, 7) is 5.65. The van der Waals surface area contributed by atoms with Gasteiger partial charge in [0.15, 0.2) is 0 Å². The molecular formula is C8H14N2O. The van der Waals surface area contributed by atoms with Gasteiger partial charge in [-0.3, -0.25) is 4.68 Å². The predicted octanol–water partition coefficient (Wildman–Crippen LogP) is 1.31. The highest BCUT2D eigenvalue weighted by Gasteiger charge is 2.00. The number of hydrogen-bond acceptors (Lipinski definition) is 2. The molecule has 0 fully saturated rings. The summed E-state index contributed by atoms with van der Waals surface area (Å²) in [5, 5.41) is 4.08. The van der Waals surface area contributed by atoms with E-state index < -0.39 is 0 Å². The summed E-state index contributed by atoms with van der Waals surface area (Å²) in [6.07, 6.45) is 3.97. The third kappa shape index (κ3) is 2.72. The van der Waals surface area contributed by atoms with Crippen molar-refractivity contribution in [3.8, 4) is 0 Å². The van der Waals surface area contributed by atoms with Crippen LogP contribution in [0.4, 0.5) is 0 Å². The molecule has 1 rings (SSSR count). The van der Waals surface area contributed by atoms with Gasteiger partial charge in [0.05, 0.1) is 12.6 Å². The molecule has 0 saturated heterocycles. The van der Waals surface area contributed by atoms with Crippen LogP contribution in [-0.2, 0) is 11.3 Å². The molecule has 0 spiro atoms. The van der Waals surface area contributed by atoms with Crippen molar-refractivity contribution in [2.75, 3.05) is 6.61 Å². The van der Waals surface area contributed by atoms with Crippen LogP contribution in [0.15, 0.2) is 18.5 Å². The van der Waals surface area contributed by atoms with E-state index in [0.29, 0.717) is 0 Å². The molecule has 0 N–H and O–H groups in total. The highest BCUT2D eigenvalue weighted by Crippen LogP contribution is 1.94. The van der Waals surface area contributed by atoms with E-state index in [1.165, 1.54) is 0 Å². The molecule has 1 aromatic rings. The fourth-order valence-corrected chi connectivity index (χ4v) is 1.01. The Morgan fingerprint density at radius 3 is 3.00 bits per heavy atom. The maximum atomic E-state index is 5.35. The van der Waals surface area contributed by atoms with Crippen molar-refractivity contribution >= 4 is 0 Å². The Labute approximate surface area is 67.0 Å². The van der Waals surface area contributed by atoms with Crippen LogP contribution in [0.1, 0.15) is 13.8 Å². The quantitative estimate of drug-likeness (QED) is 0.653. The van der Waals surface area contributed by atoms with Crippen molar-refractivity contribution in [2.45, 2.75) is 26.5 Å². The fraction of sp³-hybridized carbons (Fsp3) is 0.625. The largest absolute Gasteiger partial charge is 0.377 e. The number of ether oxygens (including phenoxy) is 1. The van der Waals surface area contributed by atoms with Gasteiger partial charge < -0.3 is 4.74 Å². The Hall–Kier alpha value is -0.830. The fourth-order valence-electron chi connectivity index (χ4n) is 1.01. The molecule has 1 atom stereocenters. The predicted molar refractivity (Wildman–Crippen MR) is 43.3 cm³/mol. The molecule has 62 valence electrons. The zero-order valence-electron chi connectivity index (χ0n) is 7.03. The second kappa shape index (κ2) is 4.13. The van der Waals surface area contributed by atoms with E-state index >= 15 is 0 Å². The van der Waals surface area contributed by atoms with E-state index in [4.69, 9.17) is 4.74 Å². The number of hydrogen-bond donors (Lipinski definition) is 0. The van der Waals surface area contributed by atoms with Crippen molar-refractivity contribution in [1.82, 2.24) is 9.78 Å². The minimum Gasteiger partial charge on any atom is -0.377 e. The Balaban J connectivity index is 2.31. The van der Waals surface area contributed by atoms with Gasteiger partial charge in [-0.05, 0) is 19.9 Å². The topological polar surface area (TPSA) is 27.1 Å². The second-order valence-corrected chi connectivity index (χ2v) is 2.49. The molecule has 0 saturated carbocycles. The van der Waals surface area contributed by atoms with E-state index in [9.17, 15) is 0 Å². The summed E-state index contributed by atoms with van der Waals surface area (Å²) in [7, 11) is 0. The van der Waals surface area contributed by atoms with Crippen molar-refractivity contribution in [2.24, 2.45) is 0 Å². The second-order valence-electron chi connectivity index (χ2n) is 2.49. The first-order valence-corrected chi connectivity index (χ1v) is 3.92. The van der Waals surface area contributed by atoms with Crippen molar-refractivity contribution in [1.29, 1.82) is 0 Å². The van der Waals surface area contributed by atoms with E-state index in [2.05, 4.69) is 5.10 Å². The van der Waals surface area contributed by atoms with Gasteiger partial charge in [0.1, 0.15) is 0 Å². The Bertz CT molecular complexity index is 184. The molecule has 0 radical (unpaired) electrons. The third-order valence-electron chi connectivity index (χ3n) is 1.45. The van der Waals surface area contributed by atoms with Crippen LogP contribution in [0.2, 0.25) is 0 Å². The lowest BCUT2D eigenvalue weighted by atomic mass is 10.4. The maximum absolute atomic E-state index is 5.35. The zero-order valence-corrected chi connectivity index (χ0v) is 7.03. The molecule has 0 aliphatic heterocycles. The summed E-state index contributed by atoms with van der Waals surface area (Å²) in [6, 6.07) is 1.92. The highest BCUT2D eigenvalue weighted by atomic mass is 16.5. The summed E-state index contributed by atoms with van der Waals surface area (Å²) in [5.41, 5.74) is 0. The van der Waals surface area contributed by atoms with E-state index in [1.807, 2.05) is 30.8 Å². The minimum absolute atomic E-state index is 0.250. The van der Waals surface area contributed by atoms with Crippen LogP contribution >= 0.6 is 0 Å². The van der Waals surface area contributed by atoms with Gasteiger partial charge in [-0.15, -0.1) is 0 Å². The first kappa shape index (κ1) is 8.27.